The number of anilines is 2. The van der Waals surface area contributed by atoms with Gasteiger partial charge in [-0.05, 0) is 68.3 Å². The average molecular weight is 386 g/mol. The fourth-order valence-electron chi connectivity index (χ4n) is 1.43. The quantitative estimate of drug-likeness (QED) is 0.742. The summed E-state index contributed by atoms with van der Waals surface area (Å²) in [6, 6.07) is 13.1. The van der Waals surface area contributed by atoms with Crippen LogP contribution in [0.4, 0.5) is 11.4 Å². The second-order valence-electron chi connectivity index (χ2n) is 3.56. The Hall–Kier alpha value is -1.02. The average Bonchev–Trinajstić information content (AvgIpc) is 2.33. The van der Waals surface area contributed by atoms with Gasteiger partial charge in [0.15, 0.2) is 0 Å². The Morgan fingerprint density at radius 1 is 1.06 bits per heavy atom. The third kappa shape index (κ3) is 3.05. The first-order valence-corrected chi connectivity index (χ1v) is 6.98. The van der Waals surface area contributed by atoms with Crippen LogP contribution in [0.25, 0.3) is 0 Å². The molecule has 0 aromatic heterocycles. The van der Waals surface area contributed by atoms with Crippen molar-refractivity contribution in [2.45, 2.75) is 0 Å². The summed E-state index contributed by atoms with van der Waals surface area (Å²) in [6.07, 6.45) is 0. The molecule has 0 heterocycles. The molecule has 0 aliphatic rings. The molecule has 0 atom stereocenters. The zero-order valence-corrected chi connectivity index (χ0v) is 13.0. The molecule has 2 aromatic carbocycles. The third-order valence-electron chi connectivity index (χ3n) is 2.30. The topological polar surface area (TPSA) is 35.8 Å². The first kappa shape index (κ1) is 13.4. The van der Waals surface area contributed by atoms with Gasteiger partial charge in [-0.3, -0.25) is 0 Å². The molecule has 90 valence electrons. The van der Waals surface area contributed by atoms with Crippen LogP contribution in [0, 0.1) is 11.3 Å². The molecule has 2 rings (SSSR count). The summed E-state index contributed by atoms with van der Waals surface area (Å²) in [5.74, 6) is 0. The van der Waals surface area contributed by atoms with Crippen LogP contribution in [0.15, 0.2) is 45.3 Å². The summed E-state index contributed by atoms with van der Waals surface area (Å²) in [4.78, 5) is 0. The van der Waals surface area contributed by atoms with Crippen LogP contribution >= 0.6 is 43.5 Å². The van der Waals surface area contributed by atoms with E-state index in [2.05, 4.69) is 43.2 Å². The standard InChI is InChI=1S/C13H7Br2ClN2/c14-11-6-10(3-1-8(11)7-17)18-13-4-2-9(16)5-12(13)15/h1-6,18H. The second-order valence-corrected chi connectivity index (χ2v) is 5.70. The van der Waals surface area contributed by atoms with E-state index in [9.17, 15) is 0 Å². The predicted molar refractivity (Wildman–Crippen MR) is 81.3 cm³/mol. The fraction of sp³-hybridized carbons (Fsp3) is 0. The number of benzene rings is 2. The number of nitriles is 1. The third-order valence-corrected chi connectivity index (χ3v) is 3.85. The van der Waals surface area contributed by atoms with E-state index in [4.69, 9.17) is 16.9 Å². The molecule has 5 heteroatoms. The van der Waals surface area contributed by atoms with Crippen LogP contribution in [0.1, 0.15) is 5.56 Å². The van der Waals surface area contributed by atoms with Crippen LogP contribution in [0.5, 0.6) is 0 Å². The Bertz CT molecular complexity index is 635. The van der Waals surface area contributed by atoms with Crippen molar-refractivity contribution in [3.8, 4) is 6.07 Å². The van der Waals surface area contributed by atoms with Crippen LogP contribution in [-0.2, 0) is 0 Å². The van der Waals surface area contributed by atoms with Gasteiger partial charge in [0.05, 0.1) is 11.3 Å². The maximum atomic E-state index is 8.85. The van der Waals surface area contributed by atoms with Crippen LogP contribution in [0.2, 0.25) is 5.02 Å². The van der Waals surface area contributed by atoms with Gasteiger partial charge in [0.1, 0.15) is 6.07 Å². The minimum absolute atomic E-state index is 0.607. The molecule has 2 nitrogen and oxygen atoms in total. The summed E-state index contributed by atoms with van der Waals surface area (Å²) in [7, 11) is 0. The lowest BCUT2D eigenvalue weighted by atomic mass is 10.2. The van der Waals surface area contributed by atoms with Crippen molar-refractivity contribution in [1.82, 2.24) is 0 Å². The highest BCUT2D eigenvalue weighted by Gasteiger charge is 2.04. The molecule has 2 aromatic rings. The predicted octanol–water partition coefficient (Wildman–Crippen LogP) is 5.48. The van der Waals surface area contributed by atoms with Gasteiger partial charge >= 0.3 is 0 Å². The summed E-state index contributed by atoms with van der Waals surface area (Å²) < 4.78 is 1.65. The Morgan fingerprint density at radius 3 is 2.44 bits per heavy atom. The van der Waals surface area contributed by atoms with Crippen molar-refractivity contribution in [3.63, 3.8) is 0 Å². The number of nitrogens with one attached hydrogen (secondary N) is 1. The van der Waals surface area contributed by atoms with E-state index in [1.165, 1.54) is 0 Å². The van der Waals surface area contributed by atoms with Crippen molar-refractivity contribution in [2.75, 3.05) is 5.32 Å². The minimum atomic E-state index is 0.607. The zero-order chi connectivity index (χ0) is 13.1. The second kappa shape index (κ2) is 5.75. The first-order valence-electron chi connectivity index (χ1n) is 5.02. The van der Waals surface area contributed by atoms with E-state index in [0.29, 0.717) is 10.6 Å². The first-order chi connectivity index (χ1) is 8.60. The maximum absolute atomic E-state index is 8.85. The van der Waals surface area contributed by atoms with Gasteiger partial charge in [0.2, 0.25) is 0 Å². The van der Waals surface area contributed by atoms with Crippen LogP contribution < -0.4 is 5.32 Å². The number of hydrogen-bond acceptors (Lipinski definition) is 2. The fourth-order valence-corrected chi connectivity index (χ4v) is 2.68. The van der Waals surface area contributed by atoms with Crippen LogP contribution in [-0.4, -0.2) is 0 Å². The Labute approximate surface area is 127 Å². The van der Waals surface area contributed by atoms with Gasteiger partial charge < -0.3 is 5.32 Å². The van der Waals surface area contributed by atoms with E-state index in [1.807, 2.05) is 30.3 Å². The van der Waals surface area contributed by atoms with E-state index >= 15 is 0 Å². The molecule has 0 bridgehead atoms. The van der Waals surface area contributed by atoms with Gasteiger partial charge in [-0.1, -0.05) is 11.6 Å². The molecule has 0 aliphatic heterocycles. The Morgan fingerprint density at radius 2 is 1.83 bits per heavy atom. The molecule has 1 N–H and O–H groups in total. The molecule has 18 heavy (non-hydrogen) atoms. The van der Waals surface area contributed by atoms with E-state index in [-0.39, 0.29) is 0 Å². The van der Waals surface area contributed by atoms with Crippen molar-refractivity contribution < 1.29 is 0 Å². The van der Waals surface area contributed by atoms with Crippen molar-refractivity contribution in [3.05, 3.63) is 55.9 Å². The summed E-state index contributed by atoms with van der Waals surface area (Å²) >= 11 is 12.7. The highest BCUT2D eigenvalue weighted by atomic mass is 79.9. The number of nitrogens with zero attached hydrogens (tertiary/aromatic N) is 1. The molecule has 0 unspecified atom stereocenters. The highest BCUT2D eigenvalue weighted by Crippen LogP contribution is 2.30. The van der Waals surface area contributed by atoms with E-state index < -0.39 is 0 Å². The minimum Gasteiger partial charge on any atom is -0.355 e. The Kier molecular flexibility index (Phi) is 4.28. The van der Waals surface area contributed by atoms with Crippen molar-refractivity contribution in [1.29, 1.82) is 5.26 Å². The molecular weight excluding hydrogens is 379 g/mol. The van der Waals surface area contributed by atoms with Gasteiger partial charge in [0.25, 0.3) is 0 Å². The number of rotatable bonds is 2. The van der Waals surface area contributed by atoms with Crippen molar-refractivity contribution in [2.24, 2.45) is 0 Å². The zero-order valence-electron chi connectivity index (χ0n) is 9.05. The summed E-state index contributed by atoms with van der Waals surface area (Å²) in [5.41, 5.74) is 2.41. The summed E-state index contributed by atoms with van der Waals surface area (Å²) in [6.45, 7) is 0. The molecule has 0 spiro atoms. The maximum Gasteiger partial charge on any atom is 0.100 e. The summed E-state index contributed by atoms with van der Waals surface area (Å²) in [5, 5.41) is 12.8. The molecule has 0 radical (unpaired) electrons. The lowest BCUT2D eigenvalue weighted by molar-refractivity contribution is 1.45. The highest BCUT2D eigenvalue weighted by molar-refractivity contribution is 9.11. The van der Waals surface area contributed by atoms with Crippen LogP contribution in [0.3, 0.4) is 0 Å². The molecule has 0 saturated heterocycles. The largest absolute Gasteiger partial charge is 0.355 e. The molecule has 0 aliphatic carbocycles. The number of hydrogen-bond donors (Lipinski definition) is 1. The molecule has 0 amide bonds. The Balaban J connectivity index is 2.29. The van der Waals surface area contributed by atoms with Crippen molar-refractivity contribution >= 4 is 54.8 Å². The van der Waals surface area contributed by atoms with E-state index in [0.717, 1.165) is 20.3 Å². The molecular formula is C13H7Br2ClN2. The molecule has 0 fully saturated rings. The van der Waals surface area contributed by atoms with Gasteiger partial charge in [0, 0.05) is 19.7 Å². The monoisotopic (exact) mass is 384 g/mol. The lowest BCUT2D eigenvalue weighted by Gasteiger charge is -2.09. The number of halogens is 3. The SMILES string of the molecule is N#Cc1ccc(Nc2ccc(Cl)cc2Br)cc1Br. The van der Waals surface area contributed by atoms with Gasteiger partial charge in [-0.15, -0.1) is 0 Å². The van der Waals surface area contributed by atoms with Gasteiger partial charge in [-0.2, -0.15) is 5.26 Å². The molecule has 0 saturated carbocycles. The lowest BCUT2D eigenvalue weighted by Crippen LogP contribution is -1.92. The van der Waals surface area contributed by atoms with E-state index in [1.54, 1.807) is 6.07 Å². The smallest absolute Gasteiger partial charge is 0.100 e. The normalized spacial score (nSPS) is 9.89. The van der Waals surface area contributed by atoms with Gasteiger partial charge in [-0.25, -0.2) is 0 Å².